The third-order valence-electron chi connectivity index (χ3n) is 5.45. The molecule has 1 aliphatic heterocycles. The molecule has 1 aliphatic rings. The van der Waals surface area contributed by atoms with Gasteiger partial charge >= 0.3 is 0 Å². The van der Waals surface area contributed by atoms with Crippen LogP contribution < -0.4 is 14.5 Å². The molecule has 0 unspecified atom stereocenters. The van der Waals surface area contributed by atoms with Crippen molar-refractivity contribution in [3.63, 3.8) is 0 Å². The molecular weight excluding hydrogens is 419 g/mol. The zero-order chi connectivity index (χ0) is 22.6. The van der Waals surface area contributed by atoms with E-state index in [0.29, 0.717) is 0 Å². The van der Waals surface area contributed by atoms with Gasteiger partial charge in [0.15, 0.2) is 0 Å². The molecule has 2 aromatic carbocycles. The first-order valence-corrected chi connectivity index (χ1v) is 12.1. The topological polar surface area (TPSA) is 73.0 Å². The Kier molecular flexibility index (Phi) is 7.17. The highest BCUT2D eigenvalue weighted by atomic mass is 32.2. The van der Waals surface area contributed by atoms with Crippen molar-refractivity contribution in [2.24, 2.45) is 0 Å². The molecule has 0 radical (unpaired) electrons. The van der Waals surface area contributed by atoms with Crippen LogP contribution in [0.25, 0.3) is 0 Å². The minimum atomic E-state index is -3.87. The van der Waals surface area contributed by atoms with Crippen LogP contribution in [-0.4, -0.2) is 64.7 Å². The van der Waals surface area contributed by atoms with E-state index in [9.17, 15) is 17.6 Å². The Morgan fingerprint density at radius 2 is 1.71 bits per heavy atom. The lowest BCUT2D eigenvalue weighted by Crippen LogP contribution is -2.48. The molecule has 3 rings (SSSR count). The molecule has 0 spiro atoms. The number of benzene rings is 2. The number of hydrogen-bond donors (Lipinski definition) is 1. The van der Waals surface area contributed by atoms with Gasteiger partial charge in [0.1, 0.15) is 11.9 Å². The molecule has 31 heavy (non-hydrogen) atoms. The number of nitrogens with zero attached hydrogens (tertiary/aromatic N) is 3. The zero-order valence-corrected chi connectivity index (χ0v) is 18.9. The summed E-state index contributed by atoms with van der Waals surface area (Å²) in [5, 5.41) is 2.76. The second-order valence-electron chi connectivity index (χ2n) is 7.86. The normalized spacial score (nSPS) is 16.1. The van der Waals surface area contributed by atoms with Crippen LogP contribution in [0.2, 0.25) is 0 Å². The lowest BCUT2D eigenvalue weighted by atomic mass is 10.1. The Labute approximate surface area is 183 Å². The Balaban J connectivity index is 1.64. The zero-order valence-electron chi connectivity index (χ0n) is 18.1. The van der Waals surface area contributed by atoms with Gasteiger partial charge in [-0.05, 0) is 43.8 Å². The SMILES string of the molecule is C[C@@H](C(=O)NCc1ccc(N2CCN(C)CC2)cc1)N(c1ccccc1F)S(C)(=O)=O. The Bertz CT molecular complexity index is 1010. The lowest BCUT2D eigenvalue weighted by molar-refractivity contribution is -0.122. The van der Waals surface area contributed by atoms with Crippen LogP contribution >= 0.6 is 0 Å². The highest BCUT2D eigenvalue weighted by molar-refractivity contribution is 7.92. The van der Waals surface area contributed by atoms with Crippen molar-refractivity contribution in [1.29, 1.82) is 0 Å². The molecule has 168 valence electrons. The average Bonchev–Trinajstić information content (AvgIpc) is 2.73. The molecule has 9 heteroatoms. The van der Waals surface area contributed by atoms with Gasteiger partial charge in [-0.2, -0.15) is 0 Å². The molecule has 0 aliphatic carbocycles. The summed E-state index contributed by atoms with van der Waals surface area (Å²) in [6.45, 7) is 5.69. The second-order valence-corrected chi connectivity index (χ2v) is 9.72. The van der Waals surface area contributed by atoms with E-state index in [1.807, 2.05) is 24.3 Å². The predicted molar refractivity (Wildman–Crippen MR) is 121 cm³/mol. The van der Waals surface area contributed by atoms with Crippen molar-refractivity contribution in [3.8, 4) is 0 Å². The Morgan fingerprint density at radius 1 is 1.10 bits per heavy atom. The maximum Gasteiger partial charge on any atom is 0.243 e. The number of carbonyl (C=O) groups is 1. The van der Waals surface area contributed by atoms with Crippen LogP contribution in [0.3, 0.4) is 0 Å². The second kappa shape index (κ2) is 9.65. The van der Waals surface area contributed by atoms with Gasteiger partial charge in [-0.1, -0.05) is 24.3 Å². The van der Waals surface area contributed by atoms with Crippen LogP contribution in [0.1, 0.15) is 12.5 Å². The summed E-state index contributed by atoms with van der Waals surface area (Å²) in [4.78, 5) is 17.3. The number of nitrogens with one attached hydrogen (secondary N) is 1. The molecule has 0 bridgehead atoms. The van der Waals surface area contributed by atoms with E-state index in [4.69, 9.17) is 0 Å². The van der Waals surface area contributed by atoms with Gasteiger partial charge in [0, 0.05) is 38.4 Å². The van der Waals surface area contributed by atoms with Crippen molar-refractivity contribution in [3.05, 3.63) is 59.9 Å². The first kappa shape index (κ1) is 23.0. The molecule has 1 amide bonds. The largest absolute Gasteiger partial charge is 0.369 e. The summed E-state index contributed by atoms with van der Waals surface area (Å²) in [5.74, 6) is -1.20. The smallest absolute Gasteiger partial charge is 0.243 e. The maximum absolute atomic E-state index is 14.2. The maximum atomic E-state index is 14.2. The van der Waals surface area contributed by atoms with Crippen molar-refractivity contribution >= 4 is 27.3 Å². The molecule has 1 atom stereocenters. The van der Waals surface area contributed by atoms with Gasteiger partial charge in [0.05, 0.1) is 11.9 Å². The number of likely N-dealkylation sites (N-methyl/N-ethyl adjacent to an activating group) is 1. The van der Waals surface area contributed by atoms with E-state index in [1.165, 1.54) is 31.2 Å². The van der Waals surface area contributed by atoms with E-state index in [2.05, 4.69) is 22.2 Å². The first-order chi connectivity index (χ1) is 14.7. The van der Waals surface area contributed by atoms with E-state index in [-0.39, 0.29) is 12.2 Å². The number of piperazine rings is 1. The van der Waals surface area contributed by atoms with E-state index < -0.39 is 27.8 Å². The summed E-state index contributed by atoms with van der Waals surface area (Å²) in [5.41, 5.74) is 1.89. The summed E-state index contributed by atoms with van der Waals surface area (Å²) < 4.78 is 39.6. The van der Waals surface area contributed by atoms with Crippen molar-refractivity contribution in [1.82, 2.24) is 10.2 Å². The monoisotopic (exact) mass is 448 g/mol. The van der Waals surface area contributed by atoms with Gasteiger partial charge in [0.25, 0.3) is 0 Å². The number of sulfonamides is 1. The fourth-order valence-corrected chi connectivity index (χ4v) is 4.81. The van der Waals surface area contributed by atoms with E-state index in [0.717, 1.165) is 48.0 Å². The van der Waals surface area contributed by atoms with Gasteiger partial charge < -0.3 is 15.1 Å². The third-order valence-corrected chi connectivity index (χ3v) is 6.68. The van der Waals surface area contributed by atoms with Crippen molar-refractivity contribution < 1.29 is 17.6 Å². The van der Waals surface area contributed by atoms with Crippen LogP contribution in [0.15, 0.2) is 48.5 Å². The standard InChI is InChI=1S/C22H29FN4O3S/c1-17(27(31(3,29)30)21-7-5-4-6-20(21)23)22(28)24-16-18-8-10-19(11-9-18)26-14-12-25(2)13-15-26/h4-11,17H,12-16H2,1-3H3,(H,24,28)/t17-/m0/s1. The first-order valence-electron chi connectivity index (χ1n) is 10.2. The van der Waals surface area contributed by atoms with Crippen molar-refractivity contribution in [2.45, 2.75) is 19.5 Å². The Hall–Kier alpha value is -2.65. The molecule has 1 fully saturated rings. The molecule has 2 aromatic rings. The molecule has 1 saturated heterocycles. The molecule has 1 N–H and O–H groups in total. The summed E-state index contributed by atoms with van der Waals surface area (Å²) in [7, 11) is -1.75. The predicted octanol–water partition coefficient (Wildman–Crippen LogP) is 2.05. The molecule has 1 heterocycles. The molecule has 7 nitrogen and oxygen atoms in total. The fraction of sp³-hybridized carbons (Fsp3) is 0.409. The minimum Gasteiger partial charge on any atom is -0.369 e. The third kappa shape index (κ3) is 5.74. The highest BCUT2D eigenvalue weighted by Crippen LogP contribution is 2.24. The number of hydrogen-bond acceptors (Lipinski definition) is 5. The number of carbonyl (C=O) groups excluding carboxylic acids is 1. The number of rotatable bonds is 7. The number of para-hydroxylation sites is 1. The van der Waals surface area contributed by atoms with E-state index >= 15 is 0 Å². The van der Waals surface area contributed by atoms with Gasteiger partial charge in [-0.3, -0.25) is 9.10 Å². The van der Waals surface area contributed by atoms with Gasteiger partial charge in [-0.15, -0.1) is 0 Å². The fourth-order valence-electron chi connectivity index (χ4n) is 3.64. The van der Waals surface area contributed by atoms with Crippen LogP contribution in [-0.2, 0) is 21.4 Å². The van der Waals surface area contributed by atoms with Crippen LogP contribution in [0, 0.1) is 5.82 Å². The lowest BCUT2D eigenvalue weighted by Gasteiger charge is -2.34. The van der Waals surface area contributed by atoms with Crippen LogP contribution in [0.5, 0.6) is 0 Å². The minimum absolute atomic E-state index is 0.149. The summed E-state index contributed by atoms with van der Waals surface area (Å²) >= 11 is 0. The quantitative estimate of drug-likeness (QED) is 0.702. The summed E-state index contributed by atoms with van der Waals surface area (Å²) in [6, 6.07) is 12.4. The molecular formula is C22H29FN4O3S. The Morgan fingerprint density at radius 3 is 2.29 bits per heavy atom. The van der Waals surface area contributed by atoms with Crippen molar-refractivity contribution in [2.75, 3.05) is 48.7 Å². The number of anilines is 2. The molecule has 0 saturated carbocycles. The van der Waals surface area contributed by atoms with Gasteiger partial charge in [0.2, 0.25) is 15.9 Å². The van der Waals surface area contributed by atoms with Gasteiger partial charge in [-0.25, -0.2) is 12.8 Å². The molecule has 0 aromatic heterocycles. The summed E-state index contributed by atoms with van der Waals surface area (Å²) in [6.07, 6.45) is 0.959. The number of halogens is 1. The number of amides is 1. The van der Waals surface area contributed by atoms with E-state index in [1.54, 1.807) is 0 Å². The average molecular weight is 449 g/mol. The highest BCUT2D eigenvalue weighted by Gasteiger charge is 2.30. The van der Waals surface area contributed by atoms with Crippen LogP contribution in [0.4, 0.5) is 15.8 Å².